The van der Waals surface area contributed by atoms with Gasteiger partial charge in [-0.15, -0.1) is 10.2 Å². The Kier molecular flexibility index (Phi) is 5.51. The minimum Gasteiger partial charge on any atom is -0.493 e. The number of nitro groups is 1. The molecule has 4 aromatic rings. The van der Waals surface area contributed by atoms with E-state index in [1.807, 2.05) is 0 Å². The summed E-state index contributed by atoms with van der Waals surface area (Å²) in [5.41, 5.74) is 0.179. The van der Waals surface area contributed by atoms with E-state index in [4.69, 9.17) is 11.6 Å². The number of hydrogen-bond acceptors (Lipinski definition) is 7. The number of aromatic hydroxyl groups is 1. The van der Waals surface area contributed by atoms with Crippen molar-refractivity contribution in [1.29, 1.82) is 0 Å². The number of para-hydroxylation sites is 1. The van der Waals surface area contributed by atoms with Crippen LogP contribution in [0.4, 0.5) is 22.7 Å². The first-order valence-electron chi connectivity index (χ1n) is 9.03. The average molecular weight is 472 g/mol. The number of benzene rings is 3. The van der Waals surface area contributed by atoms with Crippen molar-refractivity contribution in [3.05, 3.63) is 81.9 Å². The number of nitrogens with one attached hydrogen (secondary N) is 2. The van der Waals surface area contributed by atoms with E-state index < -0.39 is 20.6 Å². The van der Waals surface area contributed by atoms with Crippen molar-refractivity contribution in [1.82, 2.24) is 4.98 Å². The summed E-state index contributed by atoms with van der Waals surface area (Å²) in [6.45, 7) is 0. The second-order valence-electron chi connectivity index (χ2n) is 6.59. The first-order chi connectivity index (χ1) is 15.2. The molecule has 0 fully saturated rings. The first-order valence-corrected chi connectivity index (χ1v) is 10.9. The van der Waals surface area contributed by atoms with Gasteiger partial charge >= 0.3 is 0 Å². The van der Waals surface area contributed by atoms with Gasteiger partial charge < -0.3 is 10.1 Å². The highest BCUT2D eigenvalue weighted by Crippen LogP contribution is 2.38. The number of halogens is 1. The lowest BCUT2D eigenvalue weighted by atomic mass is 10.2. The molecule has 0 aliphatic rings. The number of nitrogens with zero attached hydrogens (tertiary/aromatic N) is 3. The normalized spacial score (nSPS) is 11.8. The first kappa shape index (κ1) is 21.3. The zero-order chi connectivity index (χ0) is 22.9. The Hall–Kier alpha value is -3.96. The molecule has 3 N–H and O–H groups in total. The second-order valence-corrected chi connectivity index (χ2v) is 8.71. The summed E-state index contributed by atoms with van der Waals surface area (Å²) in [7, 11) is -4.13. The number of azo groups is 1. The van der Waals surface area contributed by atoms with E-state index in [1.165, 1.54) is 24.3 Å². The highest BCUT2D eigenvalue weighted by molar-refractivity contribution is 7.92. The predicted octanol–water partition coefficient (Wildman–Crippen LogP) is 5.65. The maximum Gasteiger partial charge on any atom is 0.298 e. The van der Waals surface area contributed by atoms with Crippen LogP contribution in [0.25, 0.3) is 10.9 Å². The summed E-state index contributed by atoms with van der Waals surface area (Å²) in [4.78, 5) is 13.2. The molecule has 0 radical (unpaired) electrons. The molecule has 32 heavy (non-hydrogen) atoms. The molecule has 12 heteroatoms. The van der Waals surface area contributed by atoms with Crippen LogP contribution in [0.2, 0.25) is 5.02 Å². The minimum atomic E-state index is -4.13. The molecule has 0 aliphatic carbocycles. The number of hydrogen-bond donors (Lipinski definition) is 3. The molecular formula is C20H14ClN5O5S. The molecule has 0 amide bonds. The third-order valence-corrected chi connectivity index (χ3v) is 6.06. The number of fused-ring (bicyclic) bond motifs is 1. The summed E-state index contributed by atoms with van der Waals surface area (Å²) >= 11 is 5.86. The van der Waals surface area contributed by atoms with Crippen LogP contribution in [-0.2, 0) is 10.0 Å². The fraction of sp³-hybridized carbons (Fsp3) is 0. The smallest absolute Gasteiger partial charge is 0.298 e. The Morgan fingerprint density at radius 1 is 1.03 bits per heavy atom. The van der Waals surface area contributed by atoms with Gasteiger partial charge in [-0.1, -0.05) is 35.9 Å². The van der Waals surface area contributed by atoms with Crippen molar-refractivity contribution < 1.29 is 18.4 Å². The molecule has 1 heterocycles. The molecule has 1 aromatic heterocycles. The van der Waals surface area contributed by atoms with Gasteiger partial charge in [0.1, 0.15) is 0 Å². The quantitative estimate of drug-likeness (QED) is 0.188. The Balaban J connectivity index is 1.70. The van der Waals surface area contributed by atoms with Crippen LogP contribution in [0.1, 0.15) is 0 Å². The van der Waals surface area contributed by atoms with Crippen molar-refractivity contribution in [2.75, 3.05) is 4.72 Å². The molecule has 0 aliphatic heterocycles. The summed E-state index contributed by atoms with van der Waals surface area (Å²) < 4.78 is 27.7. The van der Waals surface area contributed by atoms with Crippen LogP contribution >= 0.6 is 11.6 Å². The monoisotopic (exact) mass is 471 g/mol. The number of anilines is 1. The Morgan fingerprint density at radius 2 is 1.81 bits per heavy atom. The van der Waals surface area contributed by atoms with Crippen molar-refractivity contribution in [3.63, 3.8) is 0 Å². The molecule has 0 saturated carbocycles. The maximum absolute atomic E-state index is 12.7. The number of aromatic nitrogens is 1. The zero-order valence-corrected chi connectivity index (χ0v) is 17.6. The van der Waals surface area contributed by atoms with E-state index in [-0.39, 0.29) is 27.8 Å². The van der Waals surface area contributed by atoms with Crippen LogP contribution in [0.3, 0.4) is 0 Å². The van der Waals surface area contributed by atoms with Gasteiger partial charge in [-0.2, -0.15) is 0 Å². The SMILES string of the molecule is O=[N+]([O-])c1cc(S(=O)(=O)Nc2cccc(Cl)c2)ccc1N=Nc1c(O)[nH]c2ccccc12. The van der Waals surface area contributed by atoms with E-state index in [0.717, 1.165) is 6.07 Å². The molecule has 4 rings (SSSR count). The van der Waals surface area contributed by atoms with Gasteiger partial charge in [0, 0.05) is 16.5 Å². The topological polar surface area (TPSA) is 150 Å². The van der Waals surface area contributed by atoms with Gasteiger partial charge in [0.25, 0.3) is 15.7 Å². The lowest BCUT2D eigenvalue weighted by Crippen LogP contribution is -2.13. The number of aromatic amines is 1. The van der Waals surface area contributed by atoms with Gasteiger partial charge in [-0.25, -0.2) is 8.42 Å². The molecule has 0 atom stereocenters. The van der Waals surface area contributed by atoms with Gasteiger partial charge in [0.15, 0.2) is 11.4 Å². The summed E-state index contributed by atoms with van der Waals surface area (Å²) in [6, 6.07) is 16.2. The summed E-state index contributed by atoms with van der Waals surface area (Å²) in [6.07, 6.45) is 0. The molecule has 3 aromatic carbocycles. The van der Waals surface area contributed by atoms with Crippen LogP contribution in [0, 0.1) is 10.1 Å². The van der Waals surface area contributed by atoms with E-state index >= 15 is 0 Å². The van der Waals surface area contributed by atoms with Crippen LogP contribution in [-0.4, -0.2) is 23.4 Å². The van der Waals surface area contributed by atoms with E-state index in [1.54, 1.807) is 36.4 Å². The number of rotatable bonds is 6. The number of H-pyrrole nitrogens is 1. The molecule has 162 valence electrons. The molecular weight excluding hydrogens is 458 g/mol. The van der Waals surface area contributed by atoms with Crippen LogP contribution in [0.5, 0.6) is 5.88 Å². The largest absolute Gasteiger partial charge is 0.493 e. The average Bonchev–Trinajstić information content (AvgIpc) is 3.06. The summed E-state index contributed by atoms with van der Waals surface area (Å²) in [5.74, 6) is -0.248. The molecule has 0 bridgehead atoms. The molecule has 0 saturated heterocycles. The van der Waals surface area contributed by atoms with Crippen molar-refractivity contribution in [2.24, 2.45) is 10.2 Å². The van der Waals surface area contributed by atoms with Crippen LogP contribution in [0.15, 0.2) is 81.9 Å². The van der Waals surface area contributed by atoms with Crippen molar-refractivity contribution >= 4 is 55.3 Å². The predicted molar refractivity (Wildman–Crippen MR) is 119 cm³/mol. The molecule has 0 unspecified atom stereocenters. The zero-order valence-electron chi connectivity index (χ0n) is 16.1. The number of sulfonamides is 1. The third-order valence-electron chi connectivity index (χ3n) is 4.45. The van der Waals surface area contributed by atoms with Gasteiger partial charge in [0.2, 0.25) is 5.88 Å². The van der Waals surface area contributed by atoms with E-state index in [0.29, 0.717) is 15.9 Å². The van der Waals surface area contributed by atoms with Crippen molar-refractivity contribution in [2.45, 2.75) is 4.90 Å². The third kappa shape index (κ3) is 4.24. The fourth-order valence-electron chi connectivity index (χ4n) is 2.99. The standard InChI is InChI=1S/C20H14ClN5O5S/c21-12-4-3-5-13(10-12)25-32(30,31)14-8-9-17(18(11-14)26(28)29)23-24-19-15-6-1-2-7-16(15)22-20(19)27/h1-11,22,25,27H. The lowest BCUT2D eigenvalue weighted by molar-refractivity contribution is -0.384. The van der Waals surface area contributed by atoms with E-state index in [9.17, 15) is 23.6 Å². The summed E-state index contributed by atoms with van der Waals surface area (Å²) in [5, 5.41) is 30.3. The Morgan fingerprint density at radius 3 is 2.56 bits per heavy atom. The van der Waals surface area contributed by atoms with E-state index in [2.05, 4.69) is 19.9 Å². The molecule has 0 spiro atoms. The second kappa shape index (κ2) is 8.29. The van der Waals surface area contributed by atoms with Crippen molar-refractivity contribution in [3.8, 4) is 5.88 Å². The van der Waals surface area contributed by atoms with Crippen LogP contribution < -0.4 is 4.72 Å². The highest BCUT2D eigenvalue weighted by Gasteiger charge is 2.22. The van der Waals surface area contributed by atoms with Gasteiger partial charge in [-0.3, -0.25) is 14.8 Å². The Labute approximate surface area is 186 Å². The minimum absolute atomic E-state index is 0.106. The Bertz CT molecular complexity index is 1480. The van der Waals surface area contributed by atoms with Gasteiger partial charge in [0.05, 0.1) is 21.0 Å². The van der Waals surface area contributed by atoms with Gasteiger partial charge in [-0.05, 0) is 36.4 Å². The highest BCUT2D eigenvalue weighted by atomic mass is 35.5. The lowest BCUT2D eigenvalue weighted by Gasteiger charge is -2.08. The number of nitro benzene ring substituents is 1. The maximum atomic E-state index is 12.7. The fourth-order valence-corrected chi connectivity index (χ4v) is 4.24. The molecule has 10 nitrogen and oxygen atoms in total.